The van der Waals surface area contributed by atoms with Crippen LogP contribution in [0.4, 0.5) is 0 Å². The van der Waals surface area contributed by atoms with E-state index in [4.69, 9.17) is 42.6 Å². The molecule has 0 bridgehead atoms. The van der Waals surface area contributed by atoms with Gasteiger partial charge in [0.15, 0.2) is 6.29 Å². The summed E-state index contributed by atoms with van der Waals surface area (Å²) in [6.45, 7) is 23.5. The first-order valence-corrected chi connectivity index (χ1v) is 33.8. The van der Waals surface area contributed by atoms with Gasteiger partial charge in [-0.3, -0.25) is 33.6 Å². The van der Waals surface area contributed by atoms with E-state index < -0.39 is 112 Å². The van der Waals surface area contributed by atoms with Crippen LogP contribution < -0.4 is 5.32 Å². The van der Waals surface area contributed by atoms with Crippen LogP contribution in [0, 0.1) is 32.5 Å². The van der Waals surface area contributed by atoms with Gasteiger partial charge in [-0.25, -0.2) is 4.98 Å². The maximum Gasteiger partial charge on any atom is 0.311 e. The number of aromatic nitrogens is 1. The van der Waals surface area contributed by atoms with Gasteiger partial charge in [0.2, 0.25) is 5.91 Å². The molecule has 0 aromatic carbocycles. The number of aliphatic hydroxyl groups is 4. The SMILES string of the molecule is CCC(C)(CCC(C)(CC(C)(CCC(C)(C)C(=O)OCCN(C)C)C(=O)OCCSSc1ccccn1)C(=O)OCC(C)O)C(=O)OCCOCCOCCO[C@@H]1O[C@H](CO)[C@H](O)[C@H](O)[C@H]1NC(C)=O.CCCCOC(=O)C(C)(CC)CC(C)(CCC)C(=O)O. The summed E-state index contributed by atoms with van der Waals surface area (Å²) in [4.78, 5) is 97.0. The molecule has 0 saturated carbocycles. The van der Waals surface area contributed by atoms with Gasteiger partial charge in [0.05, 0.1) is 84.8 Å². The zero-order chi connectivity index (χ0) is 68.4. The molecule has 1 aliphatic rings. The summed E-state index contributed by atoms with van der Waals surface area (Å²) in [6, 6.07) is 4.52. The van der Waals surface area contributed by atoms with Gasteiger partial charge in [0.25, 0.3) is 0 Å². The molecule has 90 heavy (non-hydrogen) atoms. The summed E-state index contributed by atoms with van der Waals surface area (Å²) < 4.78 is 50.4. The van der Waals surface area contributed by atoms with Crippen molar-refractivity contribution in [3.8, 4) is 0 Å². The van der Waals surface area contributed by atoms with Crippen molar-refractivity contribution in [1.29, 1.82) is 0 Å². The molecule has 1 aliphatic heterocycles. The molecule has 26 heteroatoms. The van der Waals surface area contributed by atoms with Gasteiger partial charge in [-0.05, 0) is 157 Å². The van der Waals surface area contributed by atoms with Crippen LogP contribution in [-0.4, -0.2) is 213 Å². The molecule has 0 aliphatic carbocycles. The summed E-state index contributed by atoms with van der Waals surface area (Å²) >= 11 is 0. The molecular weight excluding hydrogens is 1210 g/mol. The third kappa shape index (κ3) is 29.8. The molecule has 1 fully saturated rings. The van der Waals surface area contributed by atoms with Crippen LogP contribution in [-0.2, 0) is 76.2 Å². The Morgan fingerprint density at radius 1 is 0.656 bits per heavy atom. The number of nitrogens with zero attached hydrogens (tertiary/aromatic N) is 2. The van der Waals surface area contributed by atoms with E-state index in [1.54, 1.807) is 47.7 Å². The molecule has 11 atom stereocenters. The second kappa shape index (κ2) is 42.2. The van der Waals surface area contributed by atoms with Gasteiger partial charge < -0.3 is 78.4 Å². The number of carbonyl (C=O) groups is 7. The van der Waals surface area contributed by atoms with Gasteiger partial charge in [0.1, 0.15) is 55.8 Å². The Kier molecular flexibility index (Phi) is 39.3. The fourth-order valence-corrected chi connectivity index (χ4v) is 11.5. The first-order valence-electron chi connectivity index (χ1n) is 31.5. The Balaban J connectivity index is 0.00000172. The molecule has 2 heterocycles. The van der Waals surface area contributed by atoms with Gasteiger partial charge in [-0.1, -0.05) is 57.4 Å². The Hall–Kier alpha value is -4.22. The number of amides is 1. The Morgan fingerprint density at radius 3 is 1.73 bits per heavy atom. The molecule has 2 rings (SSSR count). The standard InChI is InChI=1S/C48H81N3O17S2.C16H30O4/c1-11-46(6,42(58)65-27-25-62-23-22-61-24-26-63-40-37(50-34(3)54)39(56)38(55)35(30-52)68-40)17-18-48(8,44(60)67-31-33(2)53)32-47(7,16-15-45(4,5)41(57)64-21-20-51(9)10)43(59)66-28-29-69-70-36-14-12-13-19-49-36;1-6-9-11-20-14(19)15(4,8-3)12-16(5,10-7-2)13(17)18/h12-14,19,33,35,37-40,52-53,55-56H,11,15-18,20-32H2,1-10H3,(H,50,54);6-12H2,1-5H3,(H,17,18)/t33?,35-,37-,38+,39-,40-,46?,47?,48?;/m1./s1. The summed E-state index contributed by atoms with van der Waals surface area (Å²) in [7, 11) is 6.68. The molecule has 24 nitrogen and oxygen atoms in total. The van der Waals surface area contributed by atoms with E-state index in [-0.39, 0.29) is 97.5 Å². The first-order chi connectivity index (χ1) is 42.2. The van der Waals surface area contributed by atoms with Crippen molar-refractivity contribution in [2.24, 2.45) is 32.5 Å². The Labute approximate surface area is 542 Å². The highest BCUT2D eigenvalue weighted by molar-refractivity contribution is 8.76. The molecule has 1 aromatic heterocycles. The summed E-state index contributed by atoms with van der Waals surface area (Å²) in [6.07, 6.45) is 0.666. The number of nitrogens with one attached hydrogen (secondary N) is 1. The highest BCUT2D eigenvalue weighted by Gasteiger charge is 2.50. The van der Waals surface area contributed by atoms with Crippen LogP contribution in [0.1, 0.15) is 167 Å². The van der Waals surface area contributed by atoms with E-state index in [9.17, 15) is 59.1 Å². The minimum atomic E-state index is -1.43. The number of carboxylic acids is 1. The van der Waals surface area contributed by atoms with E-state index in [1.807, 2.05) is 71.8 Å². The lowest BCUT2D eigenvalue weighted by atomic mass is 9.65. The quantitative estimate of drug-likeness (QED) is 0.0161. The predicted molar refractivity (Wildman–Crippen MR) is 341 cm³/mol. The molecule has 6 unspecified atom stereocenters. The second-order valence-electron chi connectivity index (χ2n) is 25.6. The number of rotatable bonds is 45. The number of unbranched alkanes of at least 4 members (excludes halogenated alkanes) is 1. The van der Waals surface area contributed by atoms with Gasteiger partial charge >= 0.3 is 35.8 Å². The van der Waals surface area contributed by atoms with Crippen LogP contribution in [0.3, 0.4) is 0 Å². The topological polar surface area (TPSA) is 332 Å². The number of hydrogen-bond donors (Lipinski definition) is 6. The van der Waals surface area contributed by atoms with Crippen LogP contribution >= 0.6 is 21.6 Å². The van der Waals surface area contributed by atoms with Crippen LogP contribution in [0.15, 0.2) is 29.4 Å². The molecule has 0 radical (unpaired) electrons. The normalized spacial score (nSPS) is 20.4. The van der Waals surface area contributed by atoms with Crippen molar-refractivity contribution in [1.82, 2.24) is 15.2 Å². The van der Waals surface area contributed by atoms with E-state index in [2.05, 4.69) is 10.3 Å². The number of aliphatic carboxylic acids is 1. The molecule has 6 N–H and O–H groups in total. The highest BCUT2D eigenvalue weighted by Crippen LogP contribution is 2.47. The number of esters is 5. The number of pyridine rings is 1. The summed E-state index contributed by atoms with van der Waals surface area (Å²) in [5.41, 5.74) is -6.32. The average Bonchev–Trinajstić information content (AvgIpc) is 1.08. The largest absolute Gasteiger partial charge is 0.481 e. The van der Waals surface area contributed by atoms with E-state index >= 15 is 0 Å². The second-order valence-corrected chi connectivity index (χ2v) is 28.0. The van der Waals surface area contributed by atoms with Crippen molar-refractivity contribution in [3.05, 3.63) is 24.4 Å². The lowest BCUT2D eigenvalue weighted by Gasteiger charge is -2.42. The van der Waals surface area contributed by atoms with Crippen LogP contribution in [0.25, 0.3) is 0 Å². The molecule has 1 saturated heterocycles. The van der Waals surface area contributed by atoms with Gasteiger partial charge in [0, 0.05) is 25.4 Å². The van der Waals surface area contributed by atoms with Crippen molar-refractivity contribution in [2.45, 2.75) is 209 Å². The minimum Gasteiger partial charge on any atom is -0.481 e. The summed E-state index contributed by atoms with van der Waals surface area (Å²) in [5.74, 6) is -3.24. The monoisotopic (exact) mass is 1320 g/mol. The minimum absolute atomic E-state index is 0.00588. The lowest BCUT2D eigenvalue weighted by molar-refractivity contribution is -0.272. The maximum atomic E-state index is 14.3. The highest BCUT2D eigenvalue weighted by atomic mass is 33.1. The number of likely N-dealkylation sites (N-methyl/N-ethyl adjacent to an activating group) is 1. The Bertz CT molecular complexity index is 2290. The molecule has 0 spiro atoms. The number of ether oxygens (including phenoxy) is 9. The fraction of sp³-hybridized carbons (Fsp3) is 0.812. The first kappa shape index (κ1) is 83.8. The summed E-state index contributed by atoms with van der Waals surface area (Å²) in [5, 5.41) is 52.9. The smallest absolute Gasteiger partial charge is 0.311 e. The number of hydrogen-bond acceptors (Lipinski definition) is 24. The molecule has 1 amide bonds. The van der Waals surface area contributed by atoms with Crippen molar-refractivity contribution in [2.75, 3.05) is 99.1 Å². The van der Waals surface area contributed by atoms with Crippen molar-refractivity contribution < 1.29 is 102 Å². The number of carbonyl (C=O) groups excluding carboxylic acids is 6. The van der Waals surface area contributed by atoms with Gasteiger partial charge in [-0.2, -0.15) is 0 Å². The van der Waals surface area contributed by atoms with Crippen LogP contribution in [0.2, 0.25) is 0 Å². The number of aliphatic hydroxyl groups excluding tert-OH is 4. The zero-order valence-corrected chi connectivity index (χ0v) is 58.1. The van der Waals surface area contributed by atoms with Gasteiger partial charge in [-0.15, -0.1) is 0 Å². The van der Waals surface area contributed by atoms with E-state index in [0.717, 1.165) is 24.3 Å². The van der Waals surface area contributed by atoms with Crippen LogP contribution in [0.5, 0.6) is 0 Å². The third-order valence-electron chi connectivity index (χ3n) is 16.2. The maximum absolute atomic E-state index is 14.3. The fourth-order valence-electron chi connectivity index (χ4n) is 9.81. The molecular formula is C64H111N3O21S2. The van der Waals surface area contributed by atoms with Crippen molar-refractivity contribution >= 4 is 63.3 Å². The molecule has 520 valence electrons. The van der Waals surface area contributed by atoms with E-state index in [0.29, 0.717) is 44.6 Å². The Morgan fingerprint density at radius 2 is 1.19 bits per heavy atom. The van der Waals surface area contributed by atoms with Crippen molar-refractivity contribution in [3.63, 3.8) is 0 Å². The lowest BCUT2D eigenvalue weighted by Crippen LogP contribution is -2.64. The predicted octanol–water partition coefficient (Wildman–Crippen LogP) is 7.36. The zero-order valence-electron chi connectivity index (χ0n) is 56.4. The number of carboxylic acid groups (broad SMARTS) is 1. The van der Waals surface area contributed by atoms with E-state index in [1.165, 1.54) is 35.4 Å². The average molecular weight is 1320 g/mol. The third-order valence-corrected chi connectivity index (χ3v) is 18.5. The molecule has 1 aromatic rings.